The first kappa shape index (κ1) is 21.0. The number of nitrogens with one attached hydrogen (secondary N) is 1. The summed E-state index contributed by atoms with van der Waals surface area (Å²) >= 11 is 0. The largest absolute Gasteiger partial charge is 0.481 e. The van der Waals surface area contributed by atoms with Crippen molar-refractivity contribution in [1.29, 1.82) is 0 Å². The van der Waals surface area contributed by atoms with Gasteiger partial charge in [-0.05, 0) is 31.2 Å². The van der Waals surface area contributed by atoms with Crippen molar-refractivity contribution >= 4 is 27.6 Å². The summed E-state index contributed by atoms with van der Waals surface area (Å²) in [5, 5.41) is 7.89. The molecule has 1 fully saturated rings. The number of carbonyl (C=O) groups is 1. The number of methoxy groups -OCH3 is 1. The van der Waals surface area contributed by atoms with E-state index in [1.807, 2.05) is 6.92 Å². The molecule has 1 amide bonds. The Kier molecular flexibility index (Phi) is 6.30. The maximum Gasteiger partial charge on any atom is 0.241 e. The zero-order chi connectivity index (χ0) is 21.0. The van der Waals surface area contributed by atoms with Gasteiger partial charge in [-0.3, -0.25) is 9.69 Å². The fourth-order valence-electron chi connectivity index (χ4n) is 3.05. The van der Waals surface area contributed by atoms with Crippen LogP contribution in [0.3, 0.4) is 0 Å². The summed E-state index contributed by atoms with van der Waals surface area (Å²) in [5.41, 5.74) is 0.512. The van der Waals surface area contributed by atoms with Crippen LogP contribution in [0.5, 0.6) is 5.88 Å². The number of nitrogens with two attached hydrogens (primary N) is 1. The molecule has 0 radical (unpaired) electrons. The Morgan fingerprint density at radius 1 is 1.17 bits per heavy atom. The molecular formula is C18H24N6O4S. The van der Waals surface area contributed by atoms with Crippen LogP contribution in [0.15, 0.2) is 41.4 Å². The summed E-state index contributed by atoms with van der Waals surface area (Å²) in [5.74, 6) is 0.953. The van der Waals surface area contributed by atoms with Gasteiger partial charge in [0.05, 0.1) is 18.0 Å². The topological polar surface area (TPSA) is 131 Å². The standard InChI is InChI=1S/C18H24N6O4S/c1-13(17(25)21-14-3-5-15(6-4-14)29(19,26)27)23-9-11-24(12-10-23)18-20-8-7-16(22-18)28-2/h3-8,13H,9-12H2,1-2H3,(H,21,25)(H2,19,26,27)/t13-/m0/s1. The van der Waals surface area contributed by atoms with Crippen molar-refractivity contribution in [2.24, 2.45) is 5.14 Å². The van der Waals surface area contributed by atoms with Gasteiger partial charge in [-0.15, -0.1) is 0 Å². The second-order valence-electron chi connectivity index (χ2n) is 6.66. The van der Waals surface area contributed by atoms with Crippen molar-refractivity contribution in [3.05, 3.63) is 36.5 Å². The number of piperazine rings is 1. The Labute approximate surface area is 169 Å². The molecule has 0 bridgehead atoms. The molecule has 10 nitrogen and oxygen atoms in total. The summed E-state index contributed by atoms with van der Waals surface area (Å²) in [6.07, 6.45) is 1.66. The van der Waals surface area contributed by atoms with Gasteiger partial charge >= 0.3 is 0 Å². The monoisotopic (exact) mass is 420 g/mol. The van der Waals surface area contributed by atoms with E-state index >= 15 is 0 Å². The molecule has 29 heavy (non-hydrogen) atoms. The molecule has 0 spiro atoms. The molecule has 11 heteroatoms. The second-order valence-corrected chi connectivity index (χ2v) is 8.22. The lowest BCUT2D eigenvalue weighted by atomic mass is 10.2. The quantitative estimate of drug-likeness (QED) is 0.681. The van der Waals surface area contributed by atoms with Crippen LogP contribution >= 0.6 is 0 Å². The maximum absolute atomic E-state index is 12.6. The van der Waals surface area contributed by atoms with E-state index < -0.39 is 10.0 Å². The van der Waals surface area contributed by atoms with Gasteiger partial charge in [-0.25, -0.2) is 18.5 Å². The van der Waals surface area contributed by atoms with Crippen molar-refractivity contribution in [2.45, 2.75) is 17.9 Å². The van der Waals surface area contributed by atoms with E-state index in [9.17, 15) is 13.2 Å². The number of nitrogens with zero attached hydrogens (tertiary/aromatic N) is 4. The summed E-state index contributed by atoms with van der Waals surface area (Å²) in [6, 6.07) is 7.11. The van der Waals surface area contributed by atoms with Crippen LogP contribution in [0.1, 0.15) is 6.92 Å². The van der Waals surface area contributed by atoms with Crippen molar-refractivity contribution in [3.8, 4) is 5.88 Å². The van der Waals surface area contributed by atoms with E-state index in [1.165, 1.54) is 24.3 Å². The Hall–Kier alpha value is -2.76. The molecule has 2 aromatic rings. The normalized spacial score (nSPS) is 16.3. The Morgan fingerprint density at radius 2 is 1.83 bits per heavy atom. The van der Waals surface area contributed by atoms with Crippen molar-refractivity contribution in [1.82, 2.24) is 14.9 Å². The highest BCUT2D eigenvalue weighted by atomic mass is 32.2. The van der Waals surface area contributed by atoms with Gasteiger partial charge in [0.25, 0.3) is 0 Å². The van der Waals surface area contributed by atoms with Gasteiger partial charge in [0.15, 0.2) is 0 Å². The number of aromatic nitrogens is 2. The lowest BCUT2D eigenvalue weighted by Crippen LogP contribution is -2.53. The number of amides is 1. The first-order valence-electron chi connectivity index (χ1n) is 9.07. The molecule has 1 atom stereocenters. The minimum Gasteiger partial charge on any atom is -0.481 e. The average Bonchev–Trinajstić information content (AvgIpc) is 2.73. The Balaban J connectivity index is 1.55. The molecule has 1 aromatic heterocycles. The molecule has 1 aliphatic heterocycles. The van der Waals surface area contributed by atoms with Gasteiger partial charge < -0.3 is 15.0 Å². The summed E-state index contributed by atoms with van der Waals surface area (Å²) in [6.45, 7) is 4.58. The summed E-state index contributed by atoms with van der Waals surface area (Å²) in [7, 11) is -2.20. The molecule has 0 aliphatic carbocycles. The van der Waals surface area contributed by atoms with E-state index in [0.717, 1.165) is 0 Å². The number of carbonyl (C=O) groups excluding carboxylic acids is 1. The Bertz CT molecular complexity index is 959. The predicted octanol–water partition coefficient (Wildman–Crippen LogP) is 0.282. The number of sulfonamides is 1. The third kappa shape index (κ3) is 5.19. The number of ether oxygens (including phenoxy) is 1. The number of rotatable bonds is 6. The third-order valence-corrected chi connectivity index (χ3v) is 5.73. The molecule has 1 saturated heterocycles. The number of primary sulfonamides is 1. The SMILES string of the molecule is COc1ccnc(N2CCN([C@@H](C)C(=O)Nc3ccc(S(N)(=O)=O)cc3)CC2)n1. The molecule has 156 valence electrons. The van der Waals surface area contributed by atoms with Crippen LogP contribution in [0.2, 0.25) is 0 Å². The number of hydrogen-bond donors (Lipinski definition) is 2. The lowest BCUT2D eigenvalue weighted by Gasteiger charge is -2.37. The van der Waals surface area contributed by atoms with E-state index in [0.29, 0.717) is 43.7 Å². The van der Waals surface area contributed by atoms with Crippen LogP contribution in [-0.4, -0.2) is 68.5 Å². The smallest absolute Gasteiger partial charge is 0.241 e. The first-order valence-corrected chi connectivity index (χ1v) is 10.6. The van der Waals surface area contributed by atoms with E-state index in [4.69, 9.17) is 9.88 Å². The Morgan fingerprint density at radius 3 is 2.41 bits per heavy atom. The highest BCUT2D eigenvalue weighted by Crippen LogP contribution is 2.17. The third-order valence-electron chi connectivity index (χ3n) is 4.80. The van der Waals surface area contributed by atoms with E-state index in [-0.39, 0.29) is 16.8 Å². The maximum atomic E-state index is 12.6. The van der Waals surface area contributed by atoms with Crippen LogP contribution in [0.4, 0.5) is 11.6 Å². The fourth-order valence-corrected chi connectivity index (χ4v) is 3.56. The van der Waals surface area contributed by atoms with E-state index in [2.05, 4.69) is 25.1 Å². The fraction of sp³-hybridized carbons (Fsp3) is 0.389. The number of anilines is 2. The molecule has 3 rings (SSSR count). The van der Waals surface area contributed by atoms with Gasteiger partial charge in [-0.1, -0.05) is 0 Å². The van der Waals surface area contributed by atoms with E-state index in [1.54, 1.807) is 19.4 Å². The molecule has 0 saturated carbocycles. The van der Waals surface area contributed by atoms with Gasteiger partial charge in [0.1, 0.15) is 0 Å². The van der Waals surface area contributed by atoms with Crippen molar-refractivity contribution < 1.29 is 17.9 Å². The number of benzene rings is 1. The summed E-state index contributed by atoms with van der Waals surface area (Å²) in [4.78, 5) is 25.3. The van der Waals surface area contributed by atoms with Crippen LogP contribution in [0.25, 0.3) is 0 Å². The first-order chi connectivity index (χ1) is 13.8. The van der Waals surface area contributed by atoms with Crippen molar-refractivity contribution in [3.63, 3.8) is 0 Å². The average molecular weight is 420 g/mol. The highest BCUT2D eigenvalue weighted by molar-refractivity contribution is 7.89. The molecule has 1 aliphatic rings. The molecular weight excluding hydrogens is 396 g/mol. The van der Waals surface area contributed by atoms with Crippen LogP contribution in [-0.2, 0) is 14.8 Å². The minimum absolute atomic E-state index is 0.000527. The van der Waals surface area contributed by atoms with Crippen LogP contribution in [0, 0.1) is 0 Å². The van der Waals surface area contributed by atoms with Gasteiger partial charge in [0.2, 0.25) is 27.8 Å². The summed E-state index contributed by atoms with van der Waals surface area (Å²) < 4.78 is 27.8. The zero-order valence-electron chi connectivity index (χ0n) is 16.3. The molecule has 2 heterocycles. The lowest BCUT2D eigenvalue weighted by molar-refractivity contribution is -0.120. The van der Waals surface area contributed by atoms with Crippen molar-refractivity contribution in [2.75, 3.05) is 43.5 Å². The van der Waals surface area contributed by atoms with Gasteiger partial charge in [-0.2, -0.15) is 4.98 Å². The number of hydrogen-bond acceptors (Lipinski definition) is 8. The van der Waals surface area contributed by atoms with Gasteiger partial charge in [0, 0.05) is 44.1 Å². The predicted molar refractivity (Wildman–Crippen MR) is 108 cm³/mol. The molecule has 0 unspecified atom stereocenters. The molecule has 3 N–H and O–H groups in total. The molecule has 1 aromatic carbocycles. The zero-order valence-corrected chi connectivity index (χ0v) is 17.1. The van der Waals surface area contributed by atoms with Crippen LogP contribution < -0.4 is 20.1 Å². The highest BCUT2D eigenvalue weighted by Gasteiger charge is 2.26. The minimum atomic E-state index is -3.76. The second kappa shape index (κ2) is 8.72.